The van der Waals surface area contributed by atoms with Gasteiger partial charge in [-0.15, -0.1) is 0 Å². The highest BCUT2D eigenvalue weighted by atomic mass is 16.3. The van der Waals surface area contributed by atoms with Crippen molar-refractivity contribution in [1.29, 1.82) is 0 Å². The summed E-state index contributed by atoms with van der Waals surface area (Å²) < 4.78 is 0. The molecule has 17 heavy (non-hydrogen) atoms. The molecular formula is C15H21NO. The average Bonchev–Trinajstić information content (AvgIpc) is 2.70. The first-order chi connectivity index (χ1) is 8.31. The smallest absolute Gasteiger partial charge is 0.0497 e. The van der Waals surface area contributed by atoms with Gasteiger partial charge in [-0.2, -0.15) is 0 Å². The number of benzene rings is 1. The zero-order valence-corrected chi connectivity index (χ0v) is 10.5. The molecule has 2 aliphatic rings. The zero-order chi connectivity index (χ0) is 11.8. The summed E-state index contributed by atoms with van der Waals surface area (Å²) in [6.45, 7) is 3.54. The number of hydrogen-bond donors (Lipinski definition) is 1. The number of hydrogen-bond acceptors (Lipinski definition) is 2. The van der Waals surface area contributed by atoms with Crippen molar-refractivity contribution in [3.05, 3.63) is 29.3 Å². The molecule has 1 unspecified atom stereocenters. The molecule has 1 saturated carbocycles. The van der Waals surface area contributed by atoms with Crippen LogP contribution in [0.25, 0.3) is 0 Å². The maximum Gasteiger partial charge on any atom is 0.0497 e. The molecule has 3 rings (SSSR count). The zero-order valence-electron chi connectivity index (χ0n) is 10.5. The second kappa shape index (κ2) is 4.34. The Bertz CT molecular complexity index is 411. The molecule has 2 heteroatoms. The molecular weight excluding hydrogens is 210 g/mol. The van der Waals surface area contributed by atoms with Crippen LogP contribution in [0.1, 0.15) is 43.2 Å². The number of aliphatic hydroxyl groups excluding tert-OH is 1. The standard InChI is InChI=1S/C15H21NO/c1-11(10-17)14-7-2-4-12-8-9-16(15(12)14)13-5-3-6-13/h2,4,7,11,13,17H,3,5-6,8-10H2,1H3. The fourth-order valence-corrected chi connectivity index (χ4v) is 3.08. The minimum absolute atomic E-state index is 0.245. The first-order valence-electron chi connectivity index (χ1n) is 6.80. The summed E-state index contributed by atoms with van der Waals surface area (Å²) in [6, 6.07) is 7.35. The van der Waals surface area contributed by atoms with Crippen LogP contribution in [0.4, 0.5) is 5.69 Å². The minimum atomic E-state index is 0.245. The van der Waals surface area contributed by atoms with E-state index in [1.165, 1.54) is 49.0 Å². The number of fused-ring (bicyclic) bond motifs is 1. The lowest BCUT2D eigenvalue weighted by atomic mass is 9.90. The van der Waals surface area contributed by atoms with Crippen LogP contribution in [0.2, 0.25) is 0 Å². The van der Waals surface area contributed by atoms with E-state index in [-0.39, 0.29) is 12.5 Å². The third-order valence-corrected chi connectivity index (χ3v) is 4.38. The van der Waals surface area contributed by atoms with Crippen LogP contribution < -0.4 is 4.90 Å². The molecule has 1 aliphatic carbocycles. The lowest BCUT2D eigenvalue weighted by Gasteiger charge is -2.38. The Kier molecular flexibility index (Phi) is 2.83. The van der Waals surface area contributed by atoms with E-state index < -0.39 is 0 Å². The Balaban J connectivity index is 1.98. The molecule has 1 fully saturated rings. The number of anilines is 1. The minimum Gasteiger partial charge on any atom is -0.396 e. The predicted octanol–water partition coefficient (Wildman–Crippen LogP) is 2.70. The van der Waals surface area contributed by atoms with Crippen molar-refractivity contribution in [2.45, 2.75) is 44.6 Å². The molecule has 1 heterocycles. The second-order valence-electron chi connectivity index (χ2n) is 5.47. The normalized spacial score (nSPS) is 21.2. The van der Waals surface area contributed by atoms with E-state index in [0.717, 1.165) is 6.04 Å². The van der Waals surface area contributed by atoms with Gasteiger partial charge in [0.1, 0.15) is 0 Å². The molecule has 2 nitrogen and oxygen atoms in total. The molecule has 0 radical (unpaired) electrons. The third kappa shape index (κ3) is 1.75. The van der Waals surface area contributed by atoms with Crippen LogP contribution in [-0.2, 0) is 6.42 Å². The molecule has 0 saturated heterocycles. The van der Waals surface area contributed by atoms with Gasteiger partial charge in [-0.25, -0.2) is 0 Å². The van der Waals surface area contributed by atoms with Gasteiger partial charge in [0.15, 0.2) is 0 Å². The molecule has 0 spiro atoms. The van der Waals surface area contributed by atoms with Crippen LogP contribution in [-0.4, -0.2) is 24.3 Å². The number of aliphatic hydroxyl groups is 1. The van der Waals surface area contributed by atoms with E-state index in [9.17, 15) is 5.11 Å². The Morgan fingerprint density at radius 1 is 1.41 bits per heavy atom. The maximum absolute atomic E-state index is 9.40. The van der Waals surface area contributed by atoms with Crippen molar-refractivity contribution in [2.75, 3.05) is 18.1 Å². The lowest BCUT2D eigenvalue weighted by molar-refractivity contribution is 0.273. The molecule has 1 aromatic rings. The van der Waals surface area contributed by atoms with Crippen LogP contribution >= 0.6 is 0 Å². The summed E-state index contributed by atoms with van der Waals surface area (Å²) in [5, 5.41) is 9.40. The molecule has 0 bridgehead atoms. The highest BCUT2D eigenvalue weighted by Crippen LogP contribution is 2.40. The van der Waals surface area contributed by atoms with E-state index in [4.69, 9.17) is 0 Å². The lowest BCUT2D eigenvalue weighted by Crippen LogP contribution is -2.39. The van der Waals surface area contributed by atoms with Crippen molar-refractivity contribution in [2.24, 2.45) is 0 Å². The Labute approximate surface area is 103 Å². The summed E-state index contributed by atoms with van der Waals surface area (Å²) in [7, 11) is 0. The van der Waals surface area contributed by atoms with Crippen LogP contribution in [0, 0.1) is 0 Å². The highest BCUT2D eigenvalue weighted by molar-refractivity contribution is 5.65. The van der Waals surface area contributed by atoms with E-state index in [1.807, 2.05) is 0 Å². The van der Waals surface area contributed by atoms with E-state index in [0.29, 0.717) is 0 Å². The van der Waals surface area contributed by atoms with Crippen molar-refractivity contribution in [1.82, 2.24) is 0 Å². The molecule has 0 aromatic heterocycles. The van der Waals surface area contributed by atoms with Crippen LogP contribution in [0.3, 0.4) is 0 Å². The van der Waals surface area contributed by atoms with Crippen LogP contribution in [0.5, 0.6) is 0 Å². The van der Waals surface area contributed by atoms with Gasteiger partial charge in [0.05, 0.1) is 0 Å². The predicted molar refractivity (Wildman–Crippen MR) is 70.6 cm³/mol. The quantitative estimate of drug-likeness (QED) is 0.864. The molecule has 1 aliphatic heterocycles. The third-order valence-electron chi connectivity index (χ3n) is 4.38. The average molecular weight is 231 g/mol. The van der Waals surface area contributed by atoms with E-state index >= 15 is 0 Å². The Hall–Kier alpha value is -1.02. The Morgan fingerprint density at radius 3 is 2.88 bits per heavy atom. The fourth-order valence-electron chi connectivity index (χ4n) is 3.08. The van der Waals surface area contributed by atoms with Gasteiger partial charge in [-0.05, 0) is 36.8 Å². The topological polar surface area (TPSA) is 23.5 Å². The molecule has 1 N–H and O–H groups in total. The van der Waals surface area contributed by atoms with Gasteiger partial charge in [0.2, 0.25) is 0 Å². The summed E-state index contributed by atoms with van der Waals surface area (Å²) in [6.07, 6.45) is 5.26. The summed E-state index contributed by atoms with van der Waals surface area (Å²) in [4.78, 5) is 2.60. The highest BCUT2D eigenvalue weighted by Gasteiger charge is 2.32. The van der Waals surface area contributed by atoms with Crippen LogP contribution in [0.15, 0.2) is 18.2 Å². The Morgan fingerprint density at radius 2 is 2.24 bits per heavy atom. The monoisotopic (exact) mass is 231 g/mol. The summed E-state index contributed by atoms with van der Waals surface area (Å²) in [5.41, 5.74) is 4.27. The van der Waals surface area contributed by atoms with Gasteiger partial charge >= 0.3 is 0 Å². The molecule has 92 valence electrons. The van der Waals surface area contributed by atoms with Gasteiger partial charge in [0, 0.05) is 30.8 Å². The number of rotatable bonds is 3. The SMILES string of the molecule is CC(CO)c1cccc2c1N(C1CCC1)CC2. The van der Waals surface area contributed by atoms with E-state index in [1.54, 1.807) is 0 Å². The van der Waals surface area contributed by atoms with Crippen molar-refractivity contribution in [3.63, 3.8) is 0 Å². The maximum atomic E-state index is 9.40. The van der Waals surface area contributed by atoms with Gasteiger partial charge in [-0.1, -0.05) is 25.1 Å². The van der Waals surface area contributed by atoms with Gasteiger partial charge < -0.3 is 10.0 Å². The van der Waals surface area contributed by atoms with Crippen molar-refractivity contribution < 1.29 is 5.11 Å². The van der Waals surface area contributed by atoms with Gasteiger partial charge in [-0.3, -0.25) is 0 Å². The van der Waals surface area contributed by atoms with Crippen molar-refractivity contribution in [3.8, 4) is 0 Å². The van der Waals surface area contributed by atoms with Crippen molar-refractivity contribution >= 4 is 5.69 Å². The first-order valence-corrected chi connectivity index (χ1v) is 6.80. The summed E-state index contributed by atoms with van der Waals surface area (Å²) in [5.74, 6) is 0.255. The largest absolute Gasteiger partial charge is 0.396 e. The molecule has 1 aromatic carbocycles. The molecule has 0 amide bonds. The first kappa shape index (κ1) is 11.1. The number of nitrogens with zero attached hydrogens (tertiary/aromatic N) is 1. The fraction of sp³-hybridized carbons (Fsp3) is 0.600. The number of para-hydroxylation sites is 1. The van der Waals surface area contributed by atoms with Gasteiger partial charge in [0.25, 0.3) is 0 Å². The summed E-state index contributed by atoms with van der Waals surface area (Å²) >= 11 is 0. The van der Waals surface area contributed by atoms with E-state index in [2.05, 4.69) is 30.0 Å². The molecule has 1 atom stereocenters. The second-order valence-corrected chi connectivity index (χ2v) is 5.47.